The molecular formula is C35H39F4N5O7S. The SMILES string of the molecule is C=C[C@@H]1C[C@]1(NC(=O)[C@@H]1C[C@@H](OC(=O)N2Cc3cccc(F)c3C2)CN1C(=O)[C@@H](Nc1cccc(C(F)(F)F)c1)C(C)C)C(=O)NS(=O)(=O)C1CC1. The molecular weight excluding hydrogens is 710 g/mol. The van der Waals surface area contributed by atoms with Crippen LogP contribution in [0.4, 0.5) is 28.0 Å². The average Bonchev–Trinajstić information content (AvgIpc) is 3.97. The molecule has 4 amide bonds. The number of fused-ring (bicyclic) bond motifs is 1. The van der Waals surface area contributed by atoms with Gasteiger partial charge in [0.1, 0.15) is 29.5 Å². The van der Waals surface area contributed by atoms with Crippen LogP contribution in [0, 0.1) is 17.7 Å². The summed E-state index contributed by atoms with van der Waals surface area (Å²) in [6, 6.07) is 6.31. The molecule has 3 fully saturated rings. The van der Waals surface area contributed by atoms with Crippen molar-refractivity contribution in [2.24, 2.45) is 11.8 Å². The number of halogens is 4. The number of likely N-dealkylation sites (tertiary alicyclic amines) is 1. The molecule has 52 heavy (non-hydrogen) atoms. The number of rotatable bonds is 11. The Morgan fingerprint density at radius 1 is 1.08 bits per heavy atom. The number of hydrogen-bond acceptors (Lipinski definition) is 8. The highest BCUT2D eigenvalue weighted by atomic mass is 32.2. The normalized spacial score (nSPS) is 24.6. The standard InChI is InChI=1S/C35H39F4N5O7S/c1-4-21-15-34(21,32(47)42-52(49,50)25-11-12-25)41-30(45)28-14-24(51-33(48)43-16-20-7-5-10-27(36)26(20)18-43)17-44(28)31(46)29(19(2)3)40-23-9-6-8-22(13-23)35(37,38)39/h4-10,13,19,21,24-25,28-29,40H,1,11-12,14-18H2,2-3H3,(H,41,45)(H,42,47)/t21-,24-,28+,29+,34-/m1/s1. The summed E-state index contributed by atoms with van der Waals surface area (Å²) in [7, 11) is -3.97. The number of benzene rings is 2. The fourth-order valence-electron chi connectivity index (χ4n) is 6.78. The number of alkyl halides is 3. The lowest BCUT2D eigenvalue weighted by Crippen LogP contribution is -2.58. The van der Waals surface area contributed by atoms with E-state index in [-0.39, 0.29) is 38.2 Å². The van der Waals surface area contributed by atoms with Crippen LogP contribution in [0.2, 0.25) is 0 Å². The second kappa shape index (κ2) is 13.7. The Kier molecular flexibility index (Phi) is 9.78. The van der Waals surface area contributed by atoms with Gasteiger partial charge in [0, 0.05) is 30.1 Å². The van der Waals surface area contributed by atoms with E-state index in [9.17, 15) is 45.2 Å². The number of amides is 4. The van der Waals surface area contributed by atoms with Crippen LogP contribution in [0.3, 0.4) is 0 Å². The maximum absolute atomic E-state index is 14.4. The monoisotopic (exact) mass is 749 g/mol. The van der Waals surface area contributed by atoms with E-state index in [1.54, 1.807) is 19.9 Å². The minimum Gasteiger partial charge on any atom is -0.444 e. The van der Waals surface area contributed by atoms with Gasteiger partial charge in [-0.15, -0.1) is 6.58 Å². The fraction of sp³-hybridized carbons (Fsp3) is 0.486. The number of carbonyl (C=O) groups excluding carboxylic acids is 4. The van der Waals surface area contributed by atoms with Crippen molar-refractivity contribution in [3.8, 4) is 0 Å². The summed E-state index contributed by atoms with van der Waals surface area (Å²) in [6.07, 6.45) is -4.46. The van der Waals surface area contributed by atoms with Crippen LogP contribution in [-0.2, 0) is 48.4 Å². The van der Waals surface area contributed by atoms with E-state index in [4.69, 9.17) is 4.74 Å². The molecule has 2 heterocycles. The maximum atomic E-state index is 14.4. The van der Waals surface area contributed by atoms with E-state index in [0.717, 1.165) is 17.0 Å². The van der Waals surface area contributed by atoms with Crippen molar-refractivity contribution in [3.63, 3.8) is 0 Å². The molecule has 0 aromatic heterocycles. The third-order valence-electron chi connectivity index (χ3n) is 9.99. The van der Waals surface area contributed by atoms with Crippen molar-refractivity contribution >= 4 is 39.5 Å². The van der Waals surface area contributed by atoms with Gasteiger partial charge in [0.05, 0.1) is 23.9 Å². The Bertz CT molecular complexity index is 1900. The minimum absolute atomic E-state index is 0.00480. The molecule has 1 saturated heterocycles. The van der Waals surface area contributed by atoms with E-state index in [2.05, 4.69) is 21.9 Å². The van der Waals surface area contributed by atoms with Crippen LogP contribution in [0.25, 0.3) is 0 Å². The van der Waals surface area contributed by atoms with Gasteiger partial charge >= 0.3 is 12.3 Å². The fourth-order valence-corrected chi connectivity index (χ4v) is 8.14. The average molecular weight is 750 g/mol. The predicted molar refractivity (Wildman–Crippen MR) is 179 cm³/mol. The van der Waals surface area contributed by atoms with Crippen molar-refractivity contribution in [2.45, 2.75) is 87.8 Å². The summed E-state index contributed by atoms with van der Waals surface area (Å²) < 4.78 is 87.8. The van der Waals surface area contributed by atoms with Crippen LogP contribution in [-0.4, -0.2) is 77.6 Å². The van der Waals surface area contributed by atoms with E-state index in [1.807, 2.05) is 0 Å². The van der Waals surface area contributed by atoms with Gasteiger partial charge < -0.3 is 20.3 Å². The molecule has 2 aromatic rings. The van der Waals surface area contributed by atoms with Gasteiger partial charge in [-0.3, -0.25) is 24.0 Å². The molecule has 4 aliphatic rings. The Morgan fingerprint density at radius 2 is 1.79 bits per heavy atom. The molecule has 280 valence electrons. The van der Waals surface area contributed by atoms with Gasteiger partial charge in [0.15, 0.2) is 0 Å². The first-order valence-corrected chi connectivity index (χ1v) is 18.4. The zero-order valence-electron chi connectivity index (χ0n) is 28.4. The number of nitrogens with one attached hydrogen (secondary N) is 3. The molecule has 0 unspecified atom stereocenters. The molecule has 5 atom stereocenters. The summed E-state index contributed by atoms with van der Waals surface area (Å²) in [4.78, 5) is 57.4. The second-order valence-electron chi connectivity index (χ2n) is 14.1. The highest BCUT2D eigenvalue weighted by Gasteiger charge is 2.62. The van der Waals surface area contributed by atoms with Gasteiger partial charge in [-0.2, -0.15) is 13.2 Å². The smallest absolute Gasteiger partial charge is 0.416 e. The number of ether oxygens (including phenoxy) is 1. The largest absolute Gasteiger partial charge is 0.444 e. The summed E-state index contributed by atoms with van der Waals surface area (Å²) >= 11 is 0. The molecule has 6 rings (SSSR count). The summed E-state index contributed by atoms with van der Waals surface area (Å²) in [5.41, 5.74) is -1.65. The van der Waals surface area contributed by atoms with Gasteiger partial charge in [0.25, 0.3) is 5.91 Å². The zero-order valence-corrected chi connectivity index (χ0v) is 29.2. The van der Waals surface area contributed by atoms with Gasteiger partial charge in [-0.1, -0.05) is 38.1 Å². The van der Waals surface area contributed by atoms with E-state index < -0.39 is 92.2 Å². The Morgan fingerprint density at radius 3 is 2.40 bits per heavy atom. The maximum Gasteiger partial charge on any atom is 0.416 e. The first-order valence-electron chi connectivity index (χ1n) is 16.9. The molecule has 2 aromatic carbocycles. The lowest BCUT2D eigenvalue weighted by Gasteiger charge is -2.31. The van der Waals surface area contributed by atoms with Gasteiger partial charge in [-0.05, 0) is 55.0 Å². The first kappa shape index (κ1) is 37.1. The molecule has 2 aliphatic carbocycles. The topological polar surface area (TPSA) is 154 Å². The number of sulfonamides is 1. The Hall–Kier alpha value is -4.67. The third kappa shape index (κ3) is 7.45. The molecule has 0 bridgehead atoms. The first-order chi connectivity index (χ1) is 24.4. The highest BCUT2D eigenvalue weighted by Crippen LogP contribution is 2.45. The molecule has 2 aliphatic heterocycles. The van der Waals surface area contributed by atoms with Gasteiger partial charge in [-0.25, -0.2) is 17.6 Å². The van der Waals surface area contributed by atoms with Crippen molar-refractivity contribution in [1.82, 2.24) is 19.8 Å². The van der Waals surface area contributed by atoms with Crippen LogP contribution in [0.5, 0.6) is 0 Å². The molecule has 0 spiro atoms. The summed E-state index contributed by atoms with van der Waals surface area (Å²) in [5.74, 6) is -4.06. The number of anilines is 1. The number of carbonyl (C=O) groups is 4. The minimum atomic E-state index is -4.64. The van der Waals surface area contributed by atoms with E-state index in [1.165, 1.54) is 35.2 Å². The Labute approximate surface area is 298 Å². The molecule has 17 heteroatoms. The van der Waals surface area contributed by atoms with Crippen LogP contribution < -0.4 is 15.4 Å². The van der Waals surface area contributed by atoms with Crippen molar-refractivity contribution < 1.29 is 49.9 Å². The third-order valence-corrected chi connectivity index (χ3v) is 11.8. The lowest BCUT2D eigenvalue weighted by molar-refractivity contribution is -0.140. The quantitative estimate of drug-likeness (QED) is 0.230. The Balaban J connectivity index is 1.24. The lowest BCUT2D eigenvalue weighted by atomic mass is 10.0. The zero-order chi connectivity index (χ0) is 37.7. The molecule has 3 N–H and O–H groups in total. The molecule has 0 radical (unpaired) electrons. The molecule has 2 saturated carbocycles. The van der Waals surface area contributed by atoms with Crippen LogP contribution in [0.1, 0.15) is 56.2 Å². The van der Waals surface area contributed by atoms with Gasteiger partial charge in [0.2, 0.25) is 21.8 Å². The van der Waals surface area contributed by atoms with Crippen LogP contribution >= 0.6 is 0 Å². The van der Waals surface area contributed by atoms with E-state index >= 15 is 0 Å². The highest BCUT2D eigenvalue weighted by molar-refractivity contribution is 7.91. The predicted octanol–water partition coefficient (Wildman–Crippen LogP) is 4.07. The molecule has 12 nitrogen and oxygen atoms in total. The van der Waals surface area contributed by atoms with Crippen LogP contribution in [0.15, 0.2) is 55.1 Å². The second-order valence-corrected chi connectivity index (χ2v) is 16.1. The summed E-state index contributed by atoms with van der Waals surface area (Å²) in [6.45, 7) is 6.75. The van der Waals surface area contributed by atoms with Crippen molar-refractivity contribution in [1.29, 1.82) is 0 Å². The number of hydrogen-bond donors (Lipinski definition) is 3. The van der Waals surface area contributed by atoms with Crippen molar-refractivity contribution in [3.05, 3.63) is 77.6 Å². The van der Waals surface area contributed by atoms with E-state index in [0.29, 0.717) is 24.0 Å². The van der Waals surface area contributed by atoms with Crippen molar-refractivity contribution in [2.75, 3.05) is 11.9 Å². The summed E-state index contributed by atoms with van der Waals surface area (Å²) in [5, 5.41) is 4.80. The number of nitrogens with zero attached hydrogens (tertiary/aromatic N) is 2.